The van der Waals surface area contributed by atoms with Gasteiger partial charge in [0.05, 0.1) is 4.92 Å². The molecule has 0 unspecified atom stereocenters. The molecule has 0 amide bonds. The van der Waals surface area contributed by atoms with Crippen molar-refractivity contribution in [3.05, 3.63) is 51.4 Å². The minimum Gasteiger partial charge on any atom is -0.452 e. The van der Waals surface area contributed by atoms with Crippen LogP contribution in [0.4, 0.5) is 5.69 Å². The van der Waals surface area contributed by atoms with Crippen LogP contribution in [0.25, 0.3) is 0 Å². The van der Waals surface area contributed by atoms with Crippen molar-refractivity contribution in [3.63, 3.8) is 0 Å². The number of hydrogen-bond donors (Lipinski definition) is 0. The molecule has 1 aromatic rings. The first kappa shape index (κ1) is 11.7. The second-order valence-corrected chi connectivity index (χ2v) is 3.97. The first-order chi connectivity index (χ1) is 8.09. The summed E-state index contributed by atoms with van der Waals surface area (Å²) >= 11 is 5.86. The van der Waals surface area contributed by atoms with Gasteiger partial charge in [0.25, 0.3) is 11.5 Å². The number of benzene rings is 1. The van der Waals surface area contributed by atoms with Gasteiger partial charge in [-0.15, -0.1) is 0 Å². The summed E-state index contributed by atoms with van der Waals surface area (Å²) in [7, 11) is 0. The van der Waals surface area contributed by atoms with Gasteiger partial charge in [-0.25, -0.2) is 0 Å². The monoisotopic (exact) mass is 255 g/mol. The Morgan fingerprint density at radius 1 is 1.41 bits per heavy atom. The van der Waals surface area contributed by atoms with Crippen LogP contribution in [0.2, 0.25) is 5.02 Å². The summed E-state index contributed by atoms with van der Waals surface area (Å²) in [6.45, 7) is 1.82. The average Bonchev–Trinajstić information content (AvgIpc) is 2.78. The van der Waals surface area contributed by atoms with Crippen LogP contribution in [0.15, 0.2) is 30.7 Å². The molecule has 0 aromatic heterocycles. The normalized spacial score (nSPS) is 16.4. The largest absolute Gasteiger partial charge is 0.452 e. The third-order valence-corrected chi connectivity index (χ3v) is 2.84. The molecule has 1 aliphatic heterocycles. The van der Waals surface area contributed by atoms with Gasteiger partial charge in [0.1, 0.15) is 18.1 Å². The van der Waals surface area contributed by atoms with Crippen molar-refractivity contribution in [2.24, 2.45) is 0 Å². The molecular weight excluding hydrogens is 246 g/mol. The van der Waals surface area contributed by atoms with Gasteiger partial charge in [0, 0.05) is 17.5 Å². The topological polar surface area (TPSA) is 61.6 Å². The lowest BCUT2D eigenvalue weighted by atomic mass is 10.0. The highest BCUT2D eigenvalue weighted by Gasteiger charge is 2.41. The first-order valence-electron chi connectivity index (χ1n) is 5.04. The molecule has 0 spiro atoms. The molecule has 0 radical (unpaired) electrons. The van der Waals surface area contributed by atoms with Gasteiger partial charge >= 0.3 is 0 Å². The first-order valence-corrected chi connectivity index (χ1v) is 5.42. The molecule has 1 aliphatic rings. The number of ether oxygens (including phenoxy) is 2. The van der Waals surface area contributed by atoms with Crippen LogP contribution < -0.4 is 0 Å². The van der Waals surface area contributed by atoms with Crippen molar-refractivity contribution < 1.29 is 14.4 Å². The summed E-state index contributed by atoms with van der Waals surface area (Å²) in [6, 6.07) is 4.31. The molecule has 17 heavy (non-hydrogen) atoms. The van der Waals surface area contributed by atoms with Crippen LogP contribution in [0, 0.1) is 10.1 Å². The van der Waals surface area contributed by atoms with Gasteiger partial charge in [-0.1, -0.05) is 18.5 Å². The van der Waals surface area contributed by atoms with E-state index in [0.717, 1.165) is 0 Å². The van der Waals surface area contributed by atoms with Crippen molar-refractivity contribution in [2.45, 2.75) is 19.1 Å². The Morgan fingerprint density at radius 3 is 2.59 bits per heavy atom. The second kappa shape index (κ2) is 4.25. The Hall–Kier alpha value is -1.75. The molecule has 0 fully saturated rings. The van der Waals surface area contributed by atoms with Crippen LogP contribution in [-0.2, 0) is 15.3 Å². The lowest BCUT2D eigenvalue weighted by Gasteiger charge is -2.26. The van der Waals surface area contributed by atoms with E-state index in [4.69, 9.17) is 21.1 Å². The summed E-state index contributed by atoms with van der Waals surface area (Å²) in [5.74, 6) is -1.15. The van der Waals surface area contributed by atoms with Crippen molar-refractivity contribution >= 4 is 17.3 Å². The SMILES string of the molecule is CCC1(c2cc(Cl)ccc2[N+](=O)[O-])OC=CO1. The zero-order valence-electron chi connectivity index (χ0n) is 9.05. The quantitative estimate of drug-likeness (QED) is 0.614. The molecule has 0 bridgehead atoms. The predicted octanol–water partition coefficient (Wildman–Crippen LogP) is 3.33. The van der Waals surface area contributed by atoms with Crippen molar-refractivity contribution in [1.82, 2.24) is 0 Å². The highest BCUT2D eigenvalue weighted by molar-refractivity contribution is 6.30. The van der Waals surface area contributed by atoms with Gasteiger partial charge in [-0.2, -0.15) is 0 Å². The minimum atomic E-state index is -1.15. The van der Waals surface area contributed by atoms with Crippen LogP contribution in [0.3, 0.4) is 0 Å². The maximum atomic E-state index is 11.0. The molecule has 90 valence electrons. The summed E-state index contributed by atoms with van der Waals surface area (Å²) in [5.41, 5.74) is 0.252. The van der Waals surface area contributed by atoms with Gasteiger partial charge in [-0.05, 0) is 12.1 Å². The van der Waals surface area contributed by atoms with E-state index in [9.17, 15) is 10.1 Å². The molecule has 0 N–H and O–H groups in total. The fourth-order valence-electron chi connectivity index (χ4n) is 1.76. The summed E-state index contributed by atoms with van der Waals surface area (Å²) in [5, 5.41) is 11.4. The highest BCUT2D eigenvalue weighted by atomic mass is 35.5. The summed E-state index contributed by atoms with van der Waals surface area (Å²) < 4.78 is 10.7. The van der Waals surface area contributed by atoms with Gasteiger partial charge in [-0.3, -0.25) is 10.1 Å². The van der Waals surface area contributed by atoms with Gasteiger partial charge in [0.2, 0.25) is 0 Å². The van der Waals surface area contributed by atoms with Gasteiger partial charge in [0.15, 0.2) is 0 Å². The van der Waals surface area contributed by atoms with Crippen LogP contribution in [-0.4, -0.2) is 4.92 Å². The zero-order chi connectivity index (χ0) is 12.5. The third kappa shape index (κ3) is 1.93. The van der Waals surface area contributed by atoms with E-state index in [0.29, 0.717) is 17.0 Å². The second-order valence-electron chi connectivity index (χ2n) is 3.53. The molecule has 2 rings (SSSR count). The zero-order valence-corrected chi connectivity index (χ0v) is 9.81. The Balaban J connectivity index is 2.56. The lowest BCUT2D eigenvalue weighted by Crippen LogP contribution is -2.27. The number of nitro benzene ring substituents is 1. The van der Waals surface area contributed by atoms with Crippen molar-refractivity contribution in [2.75, 3.05) is 0 Å². The smallest absolute Gasteiger partial charge is 0.283 e. The average molecular weight is 256 g/mol. The van der Waals surface area contributed by atoms with E-state index in [2.05, 4.69) is 0 Å². The fourth-order valence-corrected chi connectivity index (χ4v) is 1.93. The van der Waals surface area contributed by atoms with E-state index < -0.39 is 10.7 Å². The predicted molar refractivity (Wildman–Crippen MR) is 61.4 cm³/mol. The number of halogens is 1. The molecule has 0 saturated carbocycles. The van der Waals surface area contributed by atoms with Crippen LogP contribution in [0.5, 0.6) is 0 Å². The maximum Gasteiger partial charge on any atom is 0.283 e. The fraction of sp³-hybridized carbons (Fsp3) is 0.273. The van der Waals surface area contributed by atoms with Crippen LogP contribution >= 0.6 is 11.6 Å². The van der Waals surface area contributed by atoms with E-state index in [-0.39, 0.29) is 5.69 Å². The molecule has 5 nitrogen and oxygen atoms in total. The van der Waals surface area contributed by atoms with E-state index in [1.807, 2.05) is 6.92 Å². The summed E-state index contributed by atoms with van der Waals surface area (Å²) in [6.07, 6.45) is 3.17. The number of rotatable bonds is 3. The van der Waals surface area contributed by atoms with E-state index >= 15 is 0 Å². The molecule has 1 heterocycles. The molecule has 0 saturated heterocycles. The maximum absolute atomic E-state index is 11.0. The Morgan fingerprint density at radius 2 is 2.06 bits per heavy atom. The molecule has 6 heteroatoms. The van der Waals surface area contributed by atoms with E-state index in [1.54, 1.807) is 0 Å². The summed E-state index contributed by atoms with van der Waals surface area (Å²) in [4.78, 5) is 10.5. The van der Waals surface area contributed by atoms with Crippen molar-refractivity contribution in [3.8, 4) is 0 Å². The Kier molecular flexibility index (Phi) is 2.93. The van der Waals surface area contributed by atoms with Gasteiger partial charge < -0.3 is 9.47 Å². The number of nitro groups is 1. The van der Waals surface area contributed by atoms with Crippen LogP contribution in [0.1, 0.15) is 18.9 Å². The molecule has 0 atom stereocenters. The number of nitrogens with zero attached hydrogens (tertiary/aromatic N) is 1. The Bertz CT molecular complexity index is 478. The number of hydrogen-bond acceptors (Lipinski definition) is 4. The Labute approximate surface area is 103 Å². The lowest BCUT2D eigenvalue weighted by molar-refractivity contribution is -0.388. The minimum absolute atomic E-state index is 0.0695. The highest BCUT2D eigenvalue weighted by Crippen LogP contribution is 2.41. The molecule has 0 aliphatic carbocycles. The third-order valence-electron chi connectivity index (χ3n) is 2.60. The van der Waals surface area contributed by atoms with Crippen molar-refractivity contribution in [1.29, 1.82) is 0 Å². The molecular formula is C11H10ClNO4. The van der Waals surface area contributed by atoms with E-state index in [1.165, 1.54) is 30.7 Å². The molecule has 1 aromatic carbocycles. The standard InChI is InChI=1S/C11H10ClNO4/c1-2-11(16-5-6-17-11)9-7-8(12)3-4-10(9)13(14)15/h3-7H,2H2,1H3.